The molecule has 208 valence electrons. The van der Waals surface area contributed by atoms with Crippen molar-refractivity contribution >= 4 is 17.9 Å². The molecule has 2 rings (SSSR count). The van der Waals surface area contributed by atoms with E-state index in [1.165, 1.54) is 0 Å². The summed E-state index contributed by atoms with van der Waals surface area (Å²) in [6, 6.07) is 4.35. The minimum absolute atomic E-state index is 0.0596. The van der Waals surface area contributed by atoms with Crippen molar-refractivity contribution in [1.29, 1.82) is 0 Å². The van der Waals surface area contributed by atoms with Gasteiger partial charge in [0, 0.05) is 12.6 Å². The molecule has 37 heavy (non-hydrogen) atoms. The van der Waals surface area contributed by atoms with Crippen LogP contribution in [0.2, 0.25) is 0 Å². The van der Waals surface area contributed by atoms with Crippen molar-refractivity contribution in [1.82, 2.24) is 15.5 Å². The molecule has 1 aliphatic carbocycles. The average Bonchev–Trinajstić information content (AvgIpc) is 3.50. The Morgan fingerprint density at radius 3 is 2.27 bits per heavy atom. The van der Waals surface area contributed by atoms with Gasteiger partial charge >= 0.3 is 6.09 Å². The topological polar surface area (TPSA) is 87.7 Å². The second kappa shape index (κ2) is 13.3. The largest absolute Gasteiger partial charge is 0.444 e. The second-order valence-electron chi connectivity index (χ2n) is 12.1. The maximum absolute atomic E-state index is 14.2. The predicted molar refractivity (Wildman–Crippen MR) is 148 cm³/mol. The van der Waals surface area contributed by atoms with Crippen LogP contribution in [0.3, 0.4) is 0 Å². The van der Waals surface area contributed by atoms with Gasteiger partial charge in [-0.3, -0.25) is 9.59 Å². The highest BCUT2D eigenvalue weighted by molar-refractivity contribution is 5.92. The molecule has 1 fully saturated rings. The number of unbranched alkanes of at least 4 members (excludes halogenated alkanes) is 2. The number of nitrogens with zero attached hydrogens (tertiary/aromatic N) is 1. The molecule has 2 N–H and O–H groups in total. The summed E-state index contributed by atoms with van der Waals surface area (Å²) >= 11 is 0. The van der Waals surface area contributed by atoms with Gasteiger partial charge in [-0.05, 0) is 82.4 Å². The number of rotatable bonds is 12. The van der Waals surface area contributed by atoms with Crippen LogP contribution in [0, 0.1) is 25.7 Å². The lowest BCUT2D eigenvalue weighted by Gasteiger charge is -2.35. The molecule has 1 saturated carbocycles. The van der Waals surface area contributed by atoms with Crippen LogP contribution in [0.4, 0.5) is 4.79 Å². The van der Waals surface area contributed by atoms with Gasteiger partial charge in [0.2, 0.25) is 11.8 Å². The summed E-state index contributed by atoms with van der Waals surface area (Å²) in [6.07, 6.45) is 3.65. The van der Waals surface area contributed by atoms with Gasteiger partial charge in [-0.25, -0.2) is 4.79 Å². The second-order valence-corrected chi connectivity index (χ2v) is 12.1. The Bertz CT molecular complexity index is 937. The zero-order chi connectivity index (χ0) is 27.9. The van der Waals surface area contributed by atoms with Gasteiger partial charge in [0.25, 0.3) is 0 Å². The standard InChI is InChI=1S/C30H49N3O4/c1-10-11-12-15-31-27(34)26(23-14-13-20(4)21(5)17-23)33(25-18-22(25)6)28(35)24(16-19(2)3)32-29(36)37-30(7,8)9/h13-14,17,19,22,24-26H,10-12,15-16,18H2,1-9H3,(H,31,34)(H,32,36). The fourth-order valence-corrected chi connectivity index (χ4v) is 4.55. The molecule has 0 radical (unpaired) electrons. The number of hydrogen-bond acceptors (Lipinski definition) is 4. The maximum atomic E-state index is 14.2. The molecule has 0 heterocycles. The third-order valence-corrected chi connectivity index (χ3v) is 6.83. The molecule has 7 heteroatoms. The number of alkyl carbamates (subject to hydrolysis) is 1. The van der Waals surface area contributed by atoms with Crippen molar-refractivity contribution < 1.29 is 19.1 Å². The van der Waals surface area contributed by atoms with Gasteiger partial charge in [-0.2, -0.15) is 0 Å². The lowest BCUT2D eigenvalue weighted by atomic mass is 9.96. The Morgan fingerprint density at radius 1 is 1.11 bits per heavy atom. The molecule has 0 aromatic heterocycles. The normalized spacial score (nSPS) is 18.6. The Kier molecular flexibility index (Phi) is 11.0. The monoisotopic (exact) mass is 515 g/mol. The number of aryl methyl sites for hydroxylation is 2. The lowest BCUT2D eigenvalue weighted by molar-refractivity contribution is -0.143. The fraction of sp³-hybridized carbons (Fsp3) is 0.700. The first-order valence-electron chi connectivity index (χ1n) is 13.9. The van der Waals surface area contributed by atoms with Crippen LogP contribution in [-0.4, -0.2) is 47.0 Å². The number of hydrogen-bond donors (Lipinski definition) is 2. The van der Waals surface area contributed by atoms with E-state index in [0.29, 0.717) is 13.0 Å². The minimum Gasteiger partial charge on any atom is -0.444 e. The van der Waals surface area contributed by atoms with E-state index >= 15 is 0 Å². The van der Waals surface area contributed by atoms with Gasteiger partial charge in [-0.1, -0.05) is 58.7 Å². The number of benzene rings is 1. The van der Waals surface area contributed by atoms with Gasteiger partial charge < -0.3 is 20.3 Å². The number of nitrogens with one attached hydrogen (secondary N) is 2. The first-order valence-corrected chi connectivity index (χ1v) is 13.9. The van der Waals surface area contributed by atoms with Crippen molar-refractivity contribution in [3.8, 4) is 0 Å². The highest BCUT2D eigenvalue weighted by Crippen LogP contribution is 2.41. The van der Waals surface area contributed by atoms with Crippen LogP contribution in [0.5, 0.6) is 0 Å². The lowest BCUT2D eigenvalue weighted by Crippen LogP contribution is -2.54. The summed E-state index contributed by atoms with van der Waals surface area (Å²) in [7, 11) is 0. The molecule has 1 aromatic carbocycles. The predicted octanol–water partition coefficient (Wildman–Crippen LogP) is 5.83. The third-order valence-electron chi connectivity index (χ3n) is 6.83. The Labute approximate surface area is 224 Å². The van der Waals surface area contributed by atoms with Crippen LogP contribution >= 0.6 is 0 Å². The maximum Gasteiger partial charge on any atom is 0.408 e. The SMILES string of the molecule is CCCCCNC(=O)C(c1ccc(C)c(C)c1)N(C(=O)C(CC(C)C)NC(=O)OC(C)(C)C)C1CC1C. The summed E-state index contributed by atoms with van der Waals surface area (Å²) in [5.74, 6) is 0.0330. The highest BCUT2D eigenvalue weighted by Gasteiger charge is 2.48. The Balaban J connectivity index is 2.46. The van der Waals surface area contributed by atoms with Gasteiger partial charge in [0.05, 0.1) is 0 Å². The van der Waals surface area contributed by atoms with E-state index in [0.717, 1.165) is 42.4 Å². The van der Waals surface area contributed by atoms with E-state index in [9.17, 15) is 14.4 Å². The molecular weight excluding hydrogens is 466 g/mol. The van der Waals surface area contributed by atoms with Crippen LogP contribution < -0.4 is 10.6 Å². The van der Waals surface area contributed by atoms with Crippen LogP contribution in [-0.2, 0) is 14.3 Å². The van der Waals surface area contributed by atoms with Crippen molar-refractivity contribution in [2.75, 3.05) is 6.54 Å². The van der Waals surface area contributed by atoms with E-state index in [1.54, 1.807) is 25.7 Å². The first-order chi connectivity index (χ1) is 17.2. The van der Waals surface area contributed by atoms with E-state index < -0.39 is 23.8 Å². The summed E-state index contributed by atoms with van der Waals surface area (Å²) in [4.78, 5) is 42.4. The van der Waals surface area contributed by atoms with Crippen molar-refractivity contribution in [3.05, 3.63) is 34.9 Å². The van der Waals surface area contributed by atoms with Gasteiger partial charge in [0.1, 0.15) is 17.7 Å². The molecular formula is C30H49N3O4. The fourth-order valence-electron chi connectivity index (χ4n) is 4.55. The van der Waals surface area contributed by atoms with Gasteiger partial charge in [0.15, 0.2) is 0 Å². The Hall–Kier alpha value is -2.57. The molecule has 1 aliphatic rings. The van der Waals surface area contributed by atoms with Crippen LogP contribution in [0.1, 0.15) is 103 Å². The molecule has 4 unspecified atom stereocenters. The first kappa shape index (κ1) is 30.7. The number of amides is 3. The summed E-state index contributed by atoms with van der Waals surface area (Å²) in [6.45, 7) is 18.3. The molecule has 7 nitrogen and oxygen atoms in total. The summed E-state index contributed by atoms with van der Waals surface area (Å²) in [5, 5.41) is 5.91. The van der Waals surface area contributed by atoms with E-state index in [4.69, 9.17) is 4.74 Å². The quantitative estimate of drug-likeness (QED) is 0.343. The van der Waals surface area contributed by atoms with E-state index in [-0.39, 0.29) is 29.7 Å². The molecule has 0 saturated heterocycles. The molecule has 3 amide bonds. The third kappa shape index (κ3) is 9.35. The zero-order valence-electron chi connectivity index (χ0n) is 24.4. The number of carbonyl (C=O) groups excluding carboxylic acids is 3. The number of carbonyl (C=O) groups is 3. The minimum atomic E-state index is -0.787. The number of ether oxygens (including phenoxy) is 1. The van der Waals surface area contributed by atoms with Crippen LogP contribution in [0.25, 0.3) is 0 Å². The molecule has 0 bridgehead atoms. The van der Waals surface area contributed by atoms with Crippen LogP contribution in [0.15, 0.2) is 18.2 Å². The molecule has 1 aromatic rings. The van der Waals surface area contributed by atoms with Gasteiger partial charge in [-0.15, -0.1) is 0 Å². The zero-order valence-corrected chi connectivity index (χ0v) is 24.4. The smallest absolute Gasteiger partial charge is 0.408 e. The summed E-state index contributed by atoms with van der Waals surface area (Å²) in [5.41, 5.74) is 2.32. The van der Waals surface area contributed by atoms with Crippen molar-refractivity contribution in [2.24, 2.45) is 11.8 Å². The summed E-state index contributed by atoms with van der Waals surface area (Å²) < 4.78 is 5.47. The van der Waals surface area contributed by atoms with E-state index in [2.05, 4.69) is 24.5 Å². The van der Waals surface area contributed by atoms with E-state index in [1.807, 2.05) is 45.9 Å². The Morgan fingerprint density at radius 2 is 1.76 bits per heavy atom. The van der Waals surface area contributed by atoms with Crippen molar-refractivity contribution in [3.63, 3.8) is 0 Å². The molecule has 0 spiro atoms. The van der Waals surface area contributed by atoms with Crippen molar-refractivity contribution in [2.45, 2.75) is 118 Å². The molecule has 0 aliphatic heterocycles. The average molecular weight is 516 g/mol. The highest BCUT2D eigenvalue weighted by atomic mass is 16.6. The molecule has 4 atom stereocenters.